The fourth-order valence-electron chi connectivity index (χ4n) is 4.26. The molecule has 1 aliphatic rings. The molecule has 1 atom stereocenters. The molecule has 1 saturated heterocycles. The number of hydrogen-bond donors (Lipinski definition) is 1. The normalized spacial score (nSPS) is 16.8. The van der Waals surface area contributed by atoms with Gasteiger partial charge in [0.05, 0.1) is 37.5 Å². The highest BCUT2D eigenvalue weighted by molar-refractivity contribution is 6.46. The zero-order valence-electron chi connectivity index (χ0n) is 20.4. The monoisotopic (exact) mass is 488 g/mol. The number of ether oxygens (including phenoxy) is 3. The summed E-state index contributed by atoms with van der Waals surface area (Å²) in [7, 11) is 1.54. The van der Waals surface area contributed by atoms with Crippen molar-refractivity contribution in [2.45, 2.75) is 26.4 Å². The first kappa shape index (κ1) is 24.8. The Morgan fingerprint density at radius 2 is 1.72 bits per heavy atom. The van der Waals surface area contributed by atoms with Crippen molar-refractivity contribution in [1.29, 1.82) is 0 Å². The molecule has 186 valence electrons. The third kappa shape index (κ3) is 4.88. The van der Waals surface area contributed by atoms with Gasteiger partial charge in [-0.05, 0) is 61.4 Å². The number of nitrogens with zero attached hydrogens (tertiary/aromatic N) is 2. The van der Waals surface area contributed by atoms with Crippen molar-refractivity contribution in [2.75, 3.05) is 20.3 Å². The Hall–Kier alpha value is -4.33. The number of ketones is 1. The summed E-state index contributed by atoms with van der Waals surface area (Å²) >= 11 is 0. The van der Waals surface area contributed by atoms with Crippen LogP contribution in [0.25, 0.3) is 5.76 Å². The summed E-state index contributed by atoms with van der Waals surface area (Å²) in [5.74, 6) is -0.301. The number of likely N-dealkylation sites (tertiary alicyclic amines) is 1. The van der Waals surface area contributed by atoms with Crippen LogP contribution in [-0.4, -0.2) is 47.0 Å². The van der Waals surface area contributed by atoms with Crippen molar-refractivity contribution >= 4 is 17.4 Å². The van der Waals surface area contributed by atoms with Gasteiger partial charge in [-0.25, -0.2) is 0 Å². The number of aliphatic hydroxyl groups is 1. The van der Waals surface area contributed by atoms with Crippen molar-refractivity contribution in [3.63, 3.8) is 0 Å². The topological polar surface area (TPSA) is 98.2 Å². The number of aromatic nitrogens is 1. The van der Waals surface area contributed by atoms with Crippen molar-refractivity contribution < 1.29 is 28.9 Å². The first-order chi connectivity index (χ1) is 17.5. The molecule has 4 rings (SSSR count). The predicted molar refractivity (Wildman–Crippen MR) is 134 cm³/mol. The Morgan fingerprint density at radius 1 is 0.972 bits per heavy atom. The van der Waals surface area contributed by atoms with E-state index in [0.29, 0.717) is 41.6 Å². The lowest BCUT2D eigenvalue weighted by Gasteiger charge is -2.26. The lowest BCUT2D eigenvalue weighted by molar-refractivity contribution is -0.140. The van der Waals surface area contributed by atoms with E-state index in [9.17, 15) is 14.7 Å². The van der Waals surface area contributed by atoms with Crippen molar-refractivity contribution in [3.05, 3.63) is 89.3 Å². The number of amides is 1. The molecule has 36 heavy (non-hydrogen) atoms. The van der Waals surface area contributed by atoms with Gasteiger partial charge in [0, 0.05) is 25.0 Å². The van der Waals surface area contributed by atoms with E-state index >= 15 is 0 Å². The van der Waals surface area contributed by atoms with Gasteiger partial charge in [-0.2, -0.15) is 0 Å². The van der Waals surface area contributed by atoms with Crippen molar-refractivity contribution in [1.82, 2.24) is 9.88 Å². The van der Waals surface area contributed by atoms with Crippen LogP contribution in [0.2, 0.25) is 0 Å². The largest absolute Gasteiger partial charge is 0.507 e. The average Bonchev–Trinajstić information content (AvgIpc) is 3.14. The standard InChI is InChI=1S/C28H28N2O6/c1-4-35-21-9-10-22(23(16-21)36-5-2)26(31)24-25(19-7-6-8-20(15-19)34-3)30(28(33)27(24)32)17-18-11-13-29-14-12-18/h6-16,25,31H,4-5,17H2,1-3H3/b26-24-. The summed E-state index contributed by atoms with van der Waals surface area (Å²) in [6.07, 6.45) is 3.25. The molecular formula is C28H28N2O6. The molecule has 8 nitrogen and oxygen atoms in total. The minimum atomic E-state index is -0.839. The molecule has 1 aromatic heterocycles. The first-order valence-corrected chi connectivity index (χ1v) is 11.7. The highest BCUT2D eigenvalue weighted by Gasteiger charge is 2.46. The number of carbonyl (C=O) groups excluding carboxylic acids is 2. The molecule has 0 radical (unpaired) electrons. The number of carbonyl (C=O) groups is 2. The maximum Gasteiger partial charge on any atom is 0.295 e. The molecular weight excluding hydrogens is 460 g/mol. The summed E-state index contributed by atoms with van der Waals surface area (Å²) in [5.41, 5.74) is 1.71. The Labute approximate surface area is 209 Å². The van der Waals surface area contributed by atoms with Crippen LogP contribution in [-0.2, 0) is 16.1 Å². The second-order valence-corrected chi connectivity index (χ2v) is 8.08. The van der Waals surface area contributed by atoms with Gasteiger partial charge >= 0.3 is 0 Å². The molecule has 0 aliphatic carbocycles. The van der Waals surface area contributed by atoms with Crippen molar-refractivity contribution in [2.24, 2.45) is 0 Å². The van der Waals surface area contributed by atoms with E-state index in [4.69, 9.17) is 14.2 Å². The molecule has 1 fully saturated rings. The molecule has 2 heterocycles. The van der Waals surface area contributed by atoms with E-state index in [0.717, 1.165) is 5.56 Å². The molecule has 1 amide bonds. The van der Waals surface area contributed by atoms with E-state index in [1.165, 1.54) is 4.90 Å². The van der Waals surface area contributed by atoms with Crippen LogP contribution < -0.4 is 14.2 Å². The lowest BCUT2D eigenvalue weighted by Crippen LogP contribution is -2.29. The van der Waals surface area contributed by atoms with Crippen LogP contribution in [0.3, 0.4) is 0 Å². The van der Waals surface area contributed by atoms with Crippen LogP contribution in [0.5, 0.6) is 17.2 Å². The molecule has 0 spiro atoms. The van der Waals surface area contributed by atoms with Crippen LogP contribution in [0.15, 0.2) is 72.6 Å². The highest BCUT2D eigenvalue weighted by Crippen LogP contribution is 2.42. The molecule has 0 bridgehead atoms. The SMILES string of the molecule is CCOc1ccc(/C(O)=C2/C(=O)C(=O)N(Cc3ccncc3)C2c2cccc(OC)c2)c(OCC)c1. The minimum Gasteiger partial charge on any atom is -0.507 e. The Balaban J connectivity index is 1.89. The van der Waals surface area contributed by atoms with Gasteiger partial charge in [0.15, 0.2) is 0 Å². The van der Waals surface area contributed by atoms with E-state index < -0.39 is 17.7 Å². The second-order valence-electron chi connectivity index (χ2n) is 8.08. The van der Waals surface area contributed by atoms with Gasteiger partial charge in [0.25, 0.3) is 11.7 Å². The first-order valence-electron chi connectivity index (χ1n) is 11.7. The third-order valence-corrected chi connectivity index (χ3v) is 5.87. The molecule has 0 saturated carbocycles. The second kappa shape index (κ2) is 10.9. The van der Waals surface area contributed by atoms with Crippen LogP contribution in [0.4, 0.5) is 0 Å². The third-order valence-electron chi connectivity index (χ3n) is 5.87. The number of rotatable bonds is 9. The molecule has 2 aromatic carbocycles. The number of aliphatic hydroxyl groups excluding tert-OH is 1. The van der Waals surface area contributed by atoms with E-state index in [1.807, 2.05) is 13.8 Å². The van der Waals surface area contributed by atoms with Crippen LogP contribution in [0, 0.1) is 0 Å². The smallest absolute Gasteiger partial charge is 0.295 e. The summed E-state index contributed by atoms with van der Waals surface area (Å²) < 4.78 is 16.7. The van der Waals surface area contributed by atoms with Gasteiger partial charge in [-0.15, -0.1) is 0 Å². The van der Waals surface area contributed by atoms with E-state index in [1.54, 1.807) is 74.1 Å². The Kier molecular flexibility index (Phi) is 7.53. The number of hydrogen-bond acceptors (Lipinski definition) is 7. The average molecular weight is 489 g/mol. The quantitative estimate of drug-likeness (QED) is 0.269. The molecule has 3 aromatic rings. The van der Waals surface area contributed by atoms with Gasteiger partial charge in [0.2, 0.25) is 0 Å². The molecule has 1 aliphatic heterocycles. The zero-order valence-corrected chi connectivity index (χ0v) is 20.4. The maximum atomic E-state index is 13.4. The molecule has 1 unspecified atom stereocenters. The van der Waals surface area contributed by atoms with Crippen molar-refractivity contribution in [3.8, 4) is 17.2 Å². The van der Waals surface area contributed by atoms with E-state index in [2.05, 4.69) is 4.98 Å². The number of pyridine rings is 1. The number of Topliss-reactive ketones (excluding diaryl/α,β-unsaturated/α-hetero) is 1. The molecule has 1 N–H and O–H groups in total. The Bertz CT molecular complexity index is 1290. The number of benzene rings is 2. The minimum absolute atomic E-state index is 0.0209. The summed E-state index contributed by atoms with van der Waals surface area (Å²) in [5, 5.41) is 11.5. The van der Waals surface area contributed by atoms with Crippen LogP contribution >= 0.6 is 0 Å². The maximum absolute atomic E-state index is 13.4. The van der Waals surface area contributed by atoms with E-state index in [-0.39, 0.29) is 17.9 Å². The van der Waals surface area contributed by atoms with Crippen LogP contribution in [0.1, 0.15) is 36.6 Å². The van der Waals surface area contributed by atoms with Gasteiger partial charge in [0.1, 0.15) is 23.0 Å². The van der Waals surface area contributed by atoms with Gasteiger partial charge < -0.3 is 24.2 Å². The molecule has 8 heteroatoms. The zero-order chi connectivity index (χ0) is 25.7. The fraction of sp³-hybridized carbons (Fsp3) is 0.250. The number of methoxy groups -OCH3 is 1. The van der Waals surface area contributed by atoms with Gasteiger partial charge in [-0.3, -0.25) is 14.6 Å². The Morgan fingerprint density at radius 3 is 2.42 bits per heavy atom. The van der Waals surface area contributed by atoms with Gasteiger partial charge in [-0.1, -0.05) is 12.1 Å². The summed E-state index contributed by atoms with van der Waals surface area (Å²) in [6.45, 7) is 4.65. The predicted octanol–water partition coefficient (Wildman–Crippen LogP) is 4.51. The highest BCUT2D eigenvalue weighted by atomic mass is 16.5. The fourth-order valence-corrected chi connectivity index (χ4v) is 4.26. The summed E-state index contributed by atoms with van der Waals surface area (Å²) in [6, 6.07) is 14.8. The lowest BCUT2D eigenvalue weighted by atomic mass is 9.94. The summed E-state index contributed by atoms with van der Waals surface area (Å²) in [4.78, 5) is 32.1.